The Balaban J connectivity index is 1.45. The van der Waals surface area contributed by atoms with Crippen molar-refractivity contribution in [3.63, 3.8) is 0 Å². The van der Waals surface area contributed by atoms with Gasteiger partial charge in [-0.1, -0.05) is 37.3 Å². The maximum Gasteiger partial charge on any atom is 0.171 e. The second-order valence-electron chi connectivity index (χ2n) is 8.56. The molecule has 1 atom stereocenters. The summed E-state index contributed by atoms with van der Waals surface area (Å²) in [7, 11) is 0. The first-order valence-electron chi connectivity index (χ1n) is 10.9. The summed E-state index contributed by atoms with van der Waals surface area (Å²) in [5, 5.41) is 0. The van der Waals surface area contributed by atoms with Gasteiger partial charge in [-0.15, -0.1) is 0 Å². The molecule has 0 radical (unpaired) electrons. The molecule has 0 bridgehead atoms. The van der Waals surface area contributed by atoms with E-state index in [4.69, 9.17) is 19.4 Å². The van der Waals surface area contributed by atoms with Crippen LogP contribution in [-0.4, -0.2) is 55.1 Å². The number of ether oxygens (including phenoxy) is 2. The Labute approximate surface area is 172 Å². The SMILES string of the molecule is CC1CCCN(c2cc(N3CCC4(CC3)OCCO4)nc(-c3ccccc3)n2)C1. The summed E-state index contributed by atoms with van der Waals surface area (Å²) in [4.78, 5) is 14.7. The van der Waals surface area contributed by atoms with E-state index < -0.39 is 0 Å². The summed E-state index contributed by atoms with van der Waals surface area (Å²) in [5.74, 6) is 3.21. The zero-order valence-corrected chi connectivity index (χ0v) is 17.2. The van der Waals surface area contributed by atoms with E-state index in [1.54, 1.807) is 0 Å². The number of hydrogen-bond acceptors (Lipinski definition) is 6. The fourth-order valence-electron chi connectivity index (χ4n) is 4.72. The largest absolute Gasteiger partial charge is 0.356 e. The van der Waals surface area contributed by atoms with Crippen LogP contribution in [0.3, 0.4) is 0 Å². The van der Waals surface area contributed by atoms with E-state index in [9.17, 15) is 0 Å². The zero-order valence-electron chi connectivity index (χ0n) is 17.2. The quantitative estimate of drug-likeness (QED) is 0.791. The summed E-state index contributed by atoms with van der Waals surface area (Å²) in [6, 6.07) is 12.5. The molecule has 29 heavy (non-hydrogen) atoms. The van der Waals surface area contributed by atoms with Crippen LogP contribution in [0, 0.1) is 5.92 Å². The van der Waals surface area contributed by atoms with E-state index in [1.165, 1.54) is 12.8 Å². The van der Waals surface area contributed by atoms with Crippen molar-refractivity contribution < 1.29 is 9.47 Å². The summed E-state index contributed by atoms with van der Waals surface area (Å²) in [5.41, 5.74) is 1.07. The van der Waals surface area contributed by atoms with Crippen LogP contribution in [0.4, 0.5) is 11.6 Å². The van der Waals surface area contributed by atoms with Gasteiger partial charge in [-0.2, -0.15) is 0 Å². The Kier molecular flexibility index (Phi) is 5.14. The number of anilines is 2. The van der Waals surface area contributed by atoms with Gasteiger partial charge < -0.3 is 19.3 Å². The lowest BCUT2D eigenvalue weighted by molar-refractivity contribution is -0.169. The van der Waals surface area contributed by atoms with Crippen molar-refractivity contribution in [2.75, 3.05) is 49.2 Å². The summed E-state index contributed by atoms with van der Waals surface area (Å²) < 4.78 is 11.8. The highest BCUT2D eigenvalue weighted by atomic mass is 16.7. The van der Waals surface area contributed by atoms with E-state index in [1.807, 2.05) is 18.2 Å². The molecule has 3 fully saturated rings. The first-order valence-corrected chi connectivity index (χ1v) is 10.9. The Bertz CT molecular complexity index is 828. The molecule has 3 saturated heterocycles. The van der Waals surface area contributed by atoms with E-state index in [2.05, 4.69) is 34.9 Å². The Morgan fingerprint density at radius 1 is 0.931 bits per heavy atom. The molecule has 3 aliphatic heterocycles. The highest BCUT2D eigenvalue weighted by Gasteiger charge is 2.40. The fourth-order valence-corrected chi connectivity index (χ4v) is 4.72. The van der Waals surface area contributed by atoms with Crippen molar-refractivity contribution in [3.8, 4) is 11.4 Å². The molecule has 154 valence electrons. The van der Waals surface area contributed by atoms with Crippen molar-refractivity contribution in [2.45, 2.75) is 38.4 Å². The molecule has 1 aromatic heterocycles. The van der Waals surface area contributed by atoms with Crippen LogP contribution in [-0.2, 0) is 9.47 Å². The molecule has 5 rings (SSSR count). The Morgan fingerprint density at radius 2 is 1.62 bits per heavy atom. The van der Waals surface area contributed by atoms with E-state index in [0.717, 1.165) is 62.0 Å². The molecule has 1 aromatic carbocycles. The number of nitrogens with zero attached hydrogens (tertiary/aromatic N) is 4. The maximum atomic E-state index is 5.90. The summed E-state index contributed by atoms with van der Waals surface area (Å²) in [6.07, 6.45) is 4.29. The van der Waals surface area contributed by atoms with Gasteiger partial charge in [-0.25, -0.2) is 9.97 Å². The normalized spacial score (nSPS) is 24.2. The topological polar surface area (TPSA) is 50.7 Å². The molecule has 0 saturated carbocycles. The maximum absolute atomic E-state index is 5.90. The number of hydrogen-bond donors (Lipinski definition) is 0. The molecule has 6 nitrogen and oxygen atoms in total. The van der Waals surface area contributed by atoms with Gasteiger partial charge in [0.1, 0.15) is 11.6 Å². The minimum Gasteiger partial charge on any atom is -0.356 e. The van der Waals surface area contributed by atoms with Crippen LogP contribution in [0.2, 0.25) is 0 Å². The van der Waals surface area contributed by atoms with Crippen molar-refractivity contribution in [1.29, 1.82) is 0 Å². The molecule has 3 aliphatic rings. The highest BCUT2D eigenvalue weighted by Crippen LogP contribution is 2.34. The fraction of sp³-hybridized carbons (Fsp3) is 0.565. The van der Waals surface area contributed by atoms with Gasteiger partial charge in [0.15, 0.2) is 11.6 Å². The van der Waals surface area contributed by atoms with E-state index in [0.29, 0.717) is 19.1 Å². The first-order chi connectivity index (χ1) is 14.2. The van der Waals surface area contributed by atoms with Crippen LogP contribution in [0.15, 0.2) is 36.4 Å². The molecular formula is C23H30N4O2. The van der Waals surface area contributed by atoms with Crippen molar-refractivity contribution in [1.82, 2.24) is 9.97 Å². The zero-order chi connectivity index (χ0) is 19.7. The molecule has 1 unspecified atom stereocenters. The van der Waals surface area contributed by atoms with Gasteiger partial charge in [0.25, 0.3) is 0 Å². The molecule has 2 aromatic rings. The molecule has 1 spiro atoms. The van der Waals surface area contributed by atoms with Gasteiger partial charge >= 0.3 is 0 Å². The minimum absolute atomic E-state index is 0.364. The minimum atomic E-state index is -0.364. The van der Waals surface area contributed by atoms with Crippen LogP contribution >= 0.6 is 0 Å². The van der Waals surface area contributed by atoms with Crippen LogP contribution in [0.1, 0.15) is 32.6 Å². The molecular weight excluding hydrogens is 364 g/mol. The lowest BCUT2D eigenvalue weighted by Crippen LogP contribution is -2.45. The highest BCUT2D eigenvalue weighted by molar-refractivity contribution is 5.62. The van der Waals surface area contributed by atoms with Crippen molar-refractivity contribution in [3.05, 3.63) is 36.4 Å². The smallest absolute Gasteiger partial charge is 0.171 e. The summed E-state index contributed by atoms with van der Waals surface area (Å²) >= 11 is 0. The number of piperidine rings is 2. The van der Waals surface area contributed by atoms with E-state index in [-0.39, 0.29) is 5.79 Å². The third kappa shape index (κ3) is 3.96. The molecule has 6 heteroatoms. The predicted molar refractivity (Wildman–Crippen MR) is 114 cm³/mol. The monoisotopic (exact) mass is 394 g/mol. The van der Waals surface area contributed by atoms with Crippen LogP contribution < -0.4 is 9.80 Å². The molecule has 0 aliphatic carbocycles. The van der Waals surface area contributed by atoms with Crippen molar-refractivity contribution in [2.24, 2.45) is 5.92 Å². The average molecular weight is 395 g/mol. The van der Waals surface area contributed by atoms with Gasteiger partial charge in [0, 0.05) is 50.7 Å². The Morgan fingerprint density at radius 3 is 2.31 bits per heavy atom. The lowest BCUT2D eigenvalue weighted by Gasteiger charge is -2.38. The van der Waals surface area contributed by atoms with Crippen molar-refractivity contribution >= 4 is 11.6 Å². The van der Waals surface area contributed by atoms with Crippen LogP contribution in [0.5, 0.6) is 0 Å². The second kappa shape index (κ2) is 7.92. The molecule has 0 N–H and O–H groups in total. The van der Waals surface area contributed by atoms with Crippen LogP contribution in [0.25, 0.3) is 11.4 Å². The average Bonchev–Trinajstić information content (AvgIpc) is 3.22. The van der Waals surface area contributed by atoms with E-state index >= 15 is 0 Å². The molecule has 0 amide bonds. The third-order valence-corrected chi connectivity index (χ3v) is 6.37. The Hall–Kier alpha value is -2.18. The second-order valence-corrected chi connectivity index (χ2v) is 8.56. The number of benzene rings is 1. The standard InChI is InChI=1S/C23H30N4O2/c1-18-6-5-11-27(17-18)21-16-20(24-22(25-21)19-7-3-2-4-8-19)26-12-9-23(10-13-26)28-14-15-29-23/h2-4,7-8,16,18H,5-6,9-15,17H2,1H3. The predicted octanol–water partition coefficient (Wildman–Crippen LogP) is 3.72. The van der Waals surface area contributed by atoms with Gasteiger partial charge in [0.2, 0.25) is 0 Å². The van der Waals surface area contributed by atoms with Gasteiger partial charge in [-0.05, 0) is 18.8 Å². The lowest BCUT2D eigenvalue weighted by atomic mass is 10.0. The first kappa shape index (κ1) is 18.8. The van der Waals surface area contributed by atoms with Gasteiger partial charge in [-0.3, -0.25) is 0 Å². The molecule has 4 heterocycles. The number of aromatic nitrogens is 2. The number of rotatable bonds is 3. The summed E-state index contributed by atoms with van der Waals surface area (Å²) in [6.45, 7) is 7.67. The third-order valence-electron chi connectivity index (χ3n) is 6.37. The van der Waals surface area contributed by atoms with Gasteiger partial charge in [0.05, 0.1) is 13.2 Å².